The number of aromatic hydroxyl groups is 1. The van der Waals surface area contributed by atoms with E-state index in [4.69, 9.17) is 23.7 Å². The van der Waals surface area contributed by atoms with Crippen molar-refractivity contribution in [3.05, 3.63) is 90.9 Å². The van der Waals surface area contributed by atoms with Crippen LogP contribution >= 0.6 is 15.9 Å². The number of aryl methyl sites for hydroxylation is 2. The third-order valence-electron chi connectivity index (χ3n) is 9.33. The number of phenols is 1. The van der Waals surface area contributed by atoms with E-state index in [2.05, 4.69) is 25.9 Å². The van der Waals surface area contributed by atoms with Crippen LogP contribution in [0.4, 0.5) is 0 Å². The third kappa shape index (κ3) is 6.46. The van der Waals surface area contributed by atoms with Crippen molar-refractivity contribution in [1.82, 2.24) is 9.97 Å². The maximum absolute atomic E-state index is 13.7. The molecule has 0 spiro atoms. The number of aromatic carboxylic acids is 1. The predicted molar refractivity (Wildman–Crippen MR) is 193 cm³/mol. The molecule has 5 rings (SSSR count). The van der Waals surface area contributed by atoms with Gasteiger partial charge in [0.25, 0.3) is 0 Å². The van der Waals surface area contributed by atoms with Gasteiger partial charge in [0.1, 0.15) is 50.7 Å². The minimum Gasteiger partial charge on any atom is -0.506 e. The summed E-state index contributed by atoms with van der Waals surface area (Å²) < 4.78 is 27.9. The predicted octanol–water partition coefficient (Wildman–Crippen LogP) is 6.36. The number of hydrogen-bond donors (Lipinski definition) is 3. The van der Waals surface area contributed by atoms with E-state index < -0.39 is 35.0 Å². The molecular formula is C38H35BrN2O12. The van der Waals surface area contributed by atoms with Crippen LogP contribution in [0.5, 0.6) is 34.6 Å². The third-order valence-corrected chi connectivity index (χ3v) is 10.1. The molecule has 0 aliphatic heterocycles. The van der Waals surface area contributed by atoms with Crippen LogP contribution in [-0.2, 0) is 14.3 Å². The molecule has 3 N–H and O–H groups in total. The van der Waals surface area contributed by atoms with Crippen molar-refractivity contribution in [3.63, 3.8) is 0 Å². The van der Waals surface area contributed by atoms with E-state index in [0.717, 1.165) is 12.2 Å². The van der Waals surface area contributed by atoms with Gasteiger partial charge in [0.2, 0.25) is 11.5 Å². The van der Waals surface area contributed by atoms with Gasteiger partial charge in [-0.05, 0) is 110 Å². The number of halogens is 1. The van der Waals surface area contributed by atoms with E-state index in [0.29, 0.717) is 38.9 Å². The molecule has 53 heavy (non-hydrogen) atoms. The lowest BCUT2D eigenvalue weighted by atomic mass is 9.87. The Morgan fingerprint density at radius 1 is 0.792 bits per heavy atom. The van der Waals surface area contributed by atoms with Gasteiger partial charge < -0.3 is 39.0 Å². The molecule has 0 fully saturated rings. The van der Waals surface area contributed by atoms with Crippen LogP contribution in [0, 0.1) is 41.5 Å². The molecule has 276 valence electrons. The minimum atomic E-state index is -2.43. The summed E-state index contributed by atoms with van der Waals surface area (Å²) in [5, 5.41) is 32.7. The van der Waals surface area contributed by atoms with Crippen molar-refractivity contribution in [3.8, 4) is 34.6 Å². The summed E-state index contributed by atoms with van der Waals surface area (Å²) in [7, 11) is 2.55. The number of aromatic nitrogens is 2. The standard InChI is InChI=1S/C38H35BrN2O12/c1-15-10-23(21(7)31-27(15)34(41-14-40-31)51-24-13-25(49-8)28(35(44)45)18(4)17(24)3)52-36(46)29-19(5)20(6)33(30(39)32(29)43)53-37(47)38(48)16(2)11-22(42)12-26(38)50-9/h10-14,43,48H,1-9H3,(H,44,45). The first-order chi connectivity index (χ1) is 24.9. The van der Waals surface area contributed by atoms with Crippen LogP contribution in [0.1, 0.15) is 61.0 Å². The van der Waals surface area contributed by atoms with Gasteiger partial charge in [-0.1, -0.05) is 0 Å². The molecule has 1 aromatic heterocycles. The Hall–Kier alpha value is -5.80. The first-order valence-corrected chi connectivity index (χ1v) is 16.7. The number of carboxylic acids is 1. The van der Waals surface area contributed by atoms with E-state index in [-0.39, 0.29) is 61.2 Å². The Balaban J connectivity index is 1.49. The van der Waals surface area contributed by atoms with Gasteiger partial charge in [-0.25, -0.2) is 24.4 Å². The zero-order chi connectivity index (χ0) is 39.3. The van der Waals surface area contributed by atoms with Crippen molar-refractivity contribution in [2.75, 3.05) is 14.2 Å². The number of aliphatic hydroxyl groups is 1. The molecule has 1 heterocycles. The van der Waals surface area contributed by atoms with E-state index in [1.165, 1.54) is 40.5 Å². The Morgan fingerprint density at radius 2 is 1.45 bits per heavy atom. The van der Waals surface area contributed by atoms with Gasteiger partial charge in [0, 0.05) is 17.7 Å². The maximum Gasteiger partial charge on any atom is 0.356 e. The smallest absolute Gasteiger partial charge is 0.356 e. The highest BCUT2D eigenvalue weighted by atomic mass is 79.9. The van der Waals surface area contributed by atoms with Crippen LogP contribution in [0.15, 0.2) is 46.4 Å². The highest BCUT2D eigenvalue weighted by Gasteiger charge is 2.48. The zero-order valence-electron chi connectivity index (χ0n) is 30.2. The fourth-order valence-electron chi connectivity index (χ4n) is 6.04. The first-order valence-electron chi connectivity index (χ1n) is 15.9. The Morgan fingerprint density at radius 3 is 2.08 bits per heavy atom. The van der Waals surface area contributed by atoms with Crippen molar-refractivity contribution in [2.45, 2.75) is 54.1 Å². The summed E-state index contributed by atoms with van der Waals surface area (Å²) >= 11 is 3.22. The fraction of sp³-hybridized carbons (Fsp3) is 0.263. The molecule has 3 aromatic carbocycles. The van der Waals surface area contributed by atoms with Crippen LogP contribution in [0.2, 0.25) is 0 Å². The summed E-state index contributed by atoms with van der Waals surface area (Å²) in [4.78, 5) is 59.7. The molecule has 0 bridgehead atoms. The molecule has 1 unspecified atom stereocenters. The SMILES string of the molecule is COC1=CC(=O)C=C(C)C1(O)C(=O)Oc1c(C)c(C)c(C(=O)Oc2cc(C)c3c(Oc4cc(OC)c(C(=O)O)c(C)c4C)ncnc3c2C)c(O)c1Br. The van der Waals surface area contributed by atoms with E-state index in [9.17, 15) is 34.5 Å². The van der Waals surface area contributed by atoms with Crippen molar-refractivity contribution in [1.29, 1.82) is 0 Å². The lowest BCUT2D eigenvalue weighted by Gasteiger charge is -2.30. The van der Waals surface area contributed by atoms with Crippen LogP contribution in [0.3, 0.4) is 0 Å². The second kappa shape index (κ2) is 14.3. The molecule has 4 aromatic rings. The number of hydrogen-bond acceptors (Lipinski definition) is 13. The van der Waals surface area contributed by atoms with Crippen LogP contribution in [0.25, 0.3) is 10.9 Å². The number of esters is 2. The average molecular weight is 792 g/mol. The molecule has 0 saturated carbocycles. The Labute approximate surface area is 311 Å². The number of ketones is 1. The number of phenolic OH excluding ortho intramolecular Hbond substituents is 1. The van der Waals surface area contributed by atoms with Gasteiger partial charge >= 0.3 is 17.9 Å². The lowest BCUT2D eigenvalue weighted by Crippen LogP contribution is -2.47. The number of nitrogens with zero attached hydrogens (tertiary/aromatic N) is 2. The molecule has 1 aliphatic rings. The summed E-state index contributed by atoms with van der Waals surface area (Å²) in [6, 6.07) is 3.07. The van der Waals surface area contributed by atoms with Gasteiger partial charge in [0.15, 0.2) is 11.5 Å². The molecule has 1 aliphatic carbocycles. The number of benzene rings is 3. The number of fused-ring (bicyclic) bond motifs is 1. The number of rotatable bonds is 9. The monoisotopic (exact) mass is 790 g/mol. The molecule has 15 heteroatoms. The minimum absolute atomic E-state index is 0.0184. The molecular weight excluding hydrogens is 756 g/mol. The summed E-state index contributed by atoms with van der Waals surface area (Å²) in [6.45, 7) is 11.2. The number of carbonyl (C=O) groups is 4. The fourth-order valence-corrected chi connectivity index (χ4v) is 6.62. The van der Waals surface area contributed by atoms with Crippen LogP contribution in [-0.4, -0.2) is 68.8 Å². The second-order valence-corrected chi connectivity index (χ2v) is 13.2. The molecule has 1 atom stereocenters. The lowest BCUT2D eigenvalue weighted by molar-refractivity contribution is -0.151. The molecule has 14 nitrogen and oxygen atoms in total. The molecule has 0 radical (unpaired) electrons. The summed E-state index contributed by atoms with van der Waals surface area (Å²) in [6.07, 6.45) is 3.32. The van der Waals surface area contributed by atoms with Gasteiger partial charge in [-0.2, -0.15) is 0 Å². The quantitative estimate of drug-likeness (QED) is 0.125. The molecule has 0 saturated heterocycles. The van der Waals surface area contributed by atoms with Gasteiger partial charge in [0.05, 0.1) is 25.1 Å². The maximum atomic E-state index is 13.7. The molecule has 0 amide bonds. The first kappa shape index (κ1) is 38.4. The number of ether oxygens (including phenoxy) is 5. The van der Waals surface area contributed by atoms with Crippen molar-refractivity contribution in [2.24, 2.45) is 0 Å². The second-order valence-electron chi connectivity index (χ2n) is 12.4. The van der Waals surface area contributed by atoms with Crippen molar-refractivity contribution >= 4 is 50.5 Å². The van der Waals surface area contributed by atoms with Crippen molar-refractivity contribution < 1.29 is 58.2 Å². The van der Waals surface area contributed by atoms with Gasteiger partial charge in [-0.3, -0.25) is 4.79 Å². The normalized spacial score (nSPS) is 15.4. The highest BCUT2D eigenvalue weighted by molar-refractivity contribution is 9.10. The van der Waals surface area contributed by atoms with E-state index in [1.807, 2.05) is 0 Å². The Kier molecular flexibility index (Phi) is 10.4. The number of carbonyl (C=O) groups excluding carboxylic acids is 3. The highest BCUT2D eigenvalue weighted by Crippen LogP contribution is 2.45. The zero-order valence-corrected chi connectivity index (χ0v) is 31.8. The number of methoxy groups -OCH3 is 2. The largest absolute Gasteiger partial charge is 0.506 e. The summed E-state index contributed by atoms with van der Waals surface area (Å²) in [5.74, 6) is -4.15. The summed E-state index contributed by atoms with van der Waals surface area (Å²) in [5.41, 5.74) is 0.250. The number of carboxylic acid groups (broad SMARTS) is 1. The Bertz CT molecular complexity index is 2320. The number of allylic oxidation sites excluding steroid dienone is 2. The van der Waals surface area contributed by atoms with Gasteiger partial charge in [-0.15, -0.1) is 0 Å². The topological polar surface area (TPSA) is 201 Å². The van der Waals surface area contributed by atoms with Crippen LogP contribution < -0.4 is 18.9 Å². The van der Waals surface area contributed by atoms with E-state index in [1.54, 1.807) is 40.7 Å². The average Bonchev–Trinajstić information content (AvgIpc) is 3.10. The van der Waals surface area contributed by atoms with E-state index >= 15 is 0 Å².